The predicted octanol–water partition coefficient (Wildman–Crippen LogP) is 4.13. The van der Waals surface area contributed by atoms with Gasteiger partial charge in [0.1, 0.15) is 0 Å². The first-order chi connectivity index (χ1) is 8.27. The van der Waals surface area contributed by atoms with Gasteiger partial charge < -0.3 is 5.73 Å². The smallest absolute Gasteiger partial charge is 0.0730 e. The summed E-state index contributed by atoms with van der Waals surface area (Å²) in [7, 11) is 0. The second-order valence-corrected chi connectivity index (χ2v) is 3.25. The van der Waals surface area contributed by atoms with Crippen LogP contribution >= 0.6 is 0 Å². The minimum absolute atomic E-state index is 0.713. The van der Waals surface area contributed by atoms with E-state index < -0.39 is 0 Å². The van der Waals surface area contributed by atoms with Gasteiger partial charge in [-0.25, -0.2) is 4.98 Å². The van der Waals surface area contributed by atoms with Gasteiger partial charge in [-0.1, -0.05) is 51.3 Å². The number of hydrogen-bond acceptors (Lipinski definition) is 2. The number of rotatable bonds is 2. The van der Waals surface area contributed by atoms with E-state index >= 15 is 0 Å². The molecule has 2 heteroatoms. The number of pyridine rings is 1. The molecule has 0 aliphatic carbocycles. The fourth-order valence-electron chi connectivity index (χ4n) is 1.64. The third kappa shape index (κ3) is 2.36. The van der Waals surface area contributed by atoms with Gasteiger partial charge in [-0.3, -0.25) is 0 Å². The first kappa shape index (κ1) is 13.0. The summed E-state index contributed by atoms with van der Waals surface area (Å²) in [5.41, 5.74) is 9.27. The summed E-state index contributed by atoms with van der Waals surface area (Å²) in [5.74, 6) is 0. The Morgan fingerprint density at radius 3 is 2.35 bits per heavy atom. The van der Waals surface area contributed by atoms with Crippen LogP contribution in [0.15, 0.2) is 37.4 Å². The lowest BCUT2D eigenvalue weighted by Gasteiger charge is -2.08. The van der Waals surface area contributed by atoms with E-state index in [-0.39, 0.29) is 0 Å². The number of para-hydroxylation sites is 1. The molecule has 0 bridgehead atoms. The molecule has 0 unspecified atom stereocenters. The van der Waals surface area contributed by atoms with Crippen molar-refractivity contribution in [1.82, 2.24) is 4.98 Å². The van der Waals surface area contributed by atoms with Gasteiger partial charge in [0.05, 0.1) is 16.9 Å². The fourth-order valence-corrected chi connectivity index (χ4v) is 1.64. The summed E-state index contributed by atoms with van der Waals surface area (Å²) in [4.78, 5) is 4.46. The van der Waals surface area contributed by atoms with Crippen molar-refractivity contribution in [2.75, 3.05) is 5.73 Å². The van der Waals surface area contributed by atoms with Gasteiger partial charge in [0.2, 0.25) is 0 Å². The maximum Gasteiger partial charge on any atom is 0.0730 e. The number of benzene rings is 1. The van der Waals surface area contributed by atoms with Crippen LogP contribution in [0.5, 0.6) is 0 Å². The van der Waals surface area contributed by atoms with Crippen LogP contribution in [-0.4, -0.2) is 4.98 Å². The normalized spacial score (nSPS) is 9.29. The first-order valence-corrected chi connectivity index (χ1v) is 5.71. The standard InChI is InChI=1S/C13H12N2.C2H6/c1-3-9-11(4-2)15-12-8-6-5-7-10(12)13(9)14;1-2/h3-8H,1-2H2,(H2,14,15);1-2H3. The van der Waals surface area contributed by atoms with E-state index in [2.05, 4.69) is 18.1 Å². The highest BCUT2D eigenvalue weighted by atomic mass is 14.7. The molecule has 17 heavy (non-hydrogen) atoms. The highest BCUT2D eigenvalue weighted by molar-refractivity contribution is 5.96. The molecule has 0 fully saturated rings. The number of hydrogen-bond donors (Lipinski definition) is 1. The third-order valence-corrected chi connectivity index (χ3v) is 2.40. The molecule has 0 amide bonds. The zero-order chi connectivity index (χ0) is 12.8. The highest BCUT2D eigenvalue weighted by Gasteiger charge is 2.07. The summed E-state index contributed by atoms with van der Waals surface area (Å²) in [6, 6.07) is 7.78. The molecule has 88 valence electrons. The molecule has 2 rings (SSSR count). The Bertz CT molecular complexity index is 542. The molecule has 1 aromatic carbocycles. The molecule has 1 aromatic heterocycles. The van der Waals surface area contributed by atoms with Gasteiger partial charge in [0, 0.05) is 10.9 Å². The van der Waals surface area contributed by atoms with Gasteiger partial charge in [-0.05, 0) is 12.1 Å². The number of nitrogens with two attached hydrogens (primary N) is 1. The average Bonchev–Trinajstić information content (AvgIpc) is 2.41. The minimum Gasteiger partial charge on any atom is -0.398 e. The van der Waals surface area contributed by atoms with E-state index in [1.165, 1.54) is 0 Å². The van der Waals surface area contributed by atoms with E-state index in [1.54, 1.807) is 12.2 Å². The highest BCUT2D eigenvalue weighted by Crippen LogP contribution is 2.26. The SMILES string of the molecule is C=Cc1nc2ccccc2c(N)c1C=C.CC. The summed E-state index contributed by atoms with van der Waals surface area (Å²) in [5, 5.41) is 0.956. The second-order valence-electron chi connectivity index (χ2n) is 3.25. The van der Waals surface area contributed by atoms with Gasteiger partial charge in [0.15, 0.2) is 0 Å². The molecule has 0 saturated carbocycles. The lowest BCUT2D eigenvalue weighted by atomic mass is 10.1. The van der Waals surface area contributed by atoms with E-state index in [0.29, 0.717) is 5.69 Å². The van der Waals surface area contributed by atoms with E-state index in [0.717, 1.165) is 22.2 Å². The number of nitrogens with zero attached hydrogens (tertiary/aromatic N) is 1. The Labute approximate surface area is 102 Å². The van der Waals surface area contributed by atoms with Crippen LogP contribution in [0, 0.1) is 0 Å². The molecular formula is C15H18N2. The number of aromatic nitrogens is 1. The maximum absolute atomic E-state index is 6.05. The van der Waals surface area contributed by atoms with Crippen LogP contribution < -0.4 is 5.73 Å². The van der Waals surface area contributed by atoms with E-state index in [9.17, 15) is 0 Å². The Morgan fingerprint density at radius 1 is 1.12 bits per heavy atom. The van der Waals surface area contributed by atoms with Gasteiger partial charge in [0.25, 0.3) is 0 Å². The average molecular weight is 226 g/mol. The zero-order valence-electron chi connectivity index (χ0n) is 10.4. The molecule has 0 atom stereocenters. The molecular weight excluding hydrogens is 208 g/mol. The molecule has 0 spiro atoms. The summed E-state index contributed by atoms with van der Waals surface area (Å²) < 4.78 is 0. The first-order valence-electron chi connectivity index (χ1n) is 5.71. The summed E-state index contributed by atoms with van der Waals surface area (Å²) in [6.07, 6.45) is 3.41. The van der Waals surface area contributed by atoms with Crippen LogP contribution in [0.3, 0.4) is 0 Å². The second kappa shape index (κ2) is 5.85. The van der Waals surface area contributed by atoms with Crippen molar-refractivity contribution in [3.63, 3.8) is 0 Å². The lowest BCUT2D eigenvalue weighted by molar-refractivity contribution is 1.36. The molecule has 2 N–H and O–H groups in total. The molecule has 2 aromatic rings. The quantitative estimate of drug-likeness (QED) is 0.836. The number of anilines is 1. The van der Waals surface area contributed by atoms with Gasteiger partial charge in [-0.15, -0.1) is 0 Å². The van der Waals surface area contributed by atoms with E-state index in [4.69, 9.17) is 5.73 Å². The number of fused-ring (bicyclic) bond motifs is 1. The molecule has 0 aliphatic rings. The number of nitrogen functional groups attached to an aromatic ring is 1. The Morgan fingerprint density at radius 2 is 1.76 bits per heavy atom. The van der Waals surface area contributed by atoms with Crippen LogP contribution in [0.25, 0.3) is 23.1 Å². The Balaban J connectivity index is 0.000000686. The lowest BCUT2D eigenvalue weighted by Crippen LogP contribution is -1.97. The van der Waals surface area contributed by atoms with Crippen LogP contribution in [0.2, 0.25) is 0 Å². The van der Waals surface area contributed by atoms with Crippen molar-refractivity contribution in [3.8, 4) is 0 Å². The van der Waals surface area contributed by atoms with Gasteiger partial charge >= 0.3 is 0 Å². The topological polar surface area (TPSA) is 38.9 Å². The Hall–Kier alpha value is -2.09. The minimum atomic E-state index is 0.713. The van der Waals surface area contributed by atoms with Gasteiger partial charge in [-0.2, -0.15) is 0 Å². The molecule has 0 saturated heterocycles. The summed E-state index contributed by atoms with van der Waals surface area (Å²) in [6.45, 7) is 11.5. The van der Waals surface area contributed by atoms with Crippen molar-refractivity contribution >= 4 is 28.7 Å². The van der Waals surface area contributed by atoms with Crippen molar-refractivity contribution in [2.45, 2.75) is 13.8 Å². The van der Waals surface area contributed by atoms with E-state index in [1.807, 2.05) is 38.1 Å². The third-order valence-electron chi connectivity index (χ3n) is 2.40. The van der Waals surface area contributed by atoms with Crippen LogP contribution in [0.1, 0.15) is 25.1 Å². The van der Waals surface area contributed by atoms with Crippen molar-refractivity contribution in [3.05, 3.63) is 48.7 Å². The maximum atomic E-state index is 6.05. The van der Waals surface area contributed by atoms with Crippen molar-refractivity contribution < 1.29 is 0 Å². The fraction of sp³-hybridized carbons (Fsp3) is 0.133. The Kier molecular flexibility index (Phi) is 4.46. The molecule has 2 nitrogen and oxygen atoms in total. The van der Waals surface area contributed by atoms with Crippen molar-refractivity contribution in [1.29, 1.82) is 0 Å². The molecule has 0 radical (unpaired) electrons. The monoisotopic (exact) mass is 226 g/mol. The zero-order valence-corrected chi connectivity index (χ0v) is 10.4. The predicted molar refractivity (Wildman–Crippen MR) is 77.7 cm³/mol. The van der Waals surface area contributed by atoms with Crippen LogP contribution in [0.4, 0.5) is 5.69 Å². The molecule has 1 heterocycles. The molecule has 0 aliphatic heterocycles. The largest absolute Gasteiger partial charge is 0.398 e. The van der Waals surface area contributed by atoms with Crippen molar-refractivity contribution in [2.24, 2.45) is 0 Å². The van der Waals surface area contributed by atoms with Crippen LogP contribution in [-0.2, 0) is 0 Å². The summed E-state index contributed by atoms with van der Waals surface area (Å²) >= 11 is 0.